The minimum atomic E-state index is -0.909. The fourth-order valence-corrected chi connectivity index (χ4v) is 7.02. The van der Waals surface area contributed by atoms with Gasteiger partial charge >= 0.3 is 17.4 Å². The zero-order valence-electron chi connectivity index (χ0n) is 38.2. The van der Waals surface area contributed by atoms with Crippen LogP contribution in [-0.4, -0.2) is 101 Å². The smallest absolute Gasteiger partial charge is 0.550 e. The number of carbonyl (C=O) groups excluding carboxylic acids is 5. The van der Waals surface area contributed by atoms with E-state index in [1.807, 2.05) is 14.7 Å². The first-order valence-electron chi connectivity index (χ1n) is 24.0. The summed E-state index contributed by atoms with van der Waals surface area (Å²) >= 11 is 0. The minimum absolute atomic E-state index is 0. The second-order valence-corrected chi connectivity index (χ2v) is 16.7. The summed E-state index contributed by atoms with van der Waals surface area (Å²) < 4.78 is 0. The van der Waals surface area contributed by atoms with Crippen molar-refractivity contribution >= 4 is 46.8 Å². The molecule has 0 aromatic heterocycles. The predicted molar refractivity (Wildman–Crippen MR) is 236 cm³/mol. The Hall–Kier alpha value is -2.84. The van der Waals surface area contributed by atoms with E-state index in [1.54, 1.807) is 0 Å². The molecular formula is C48H82AlN3O8. The Kier molecular flexibility index (Phi) is 36.1. The van der Waals surface area contributed by atoms with E-state index in [0.717, 1.165) is 77.8 Å². The van der Waals surface area contributed by atoms with Crippen molar-refractivity contribution in [2.24, 2.45) is 0 Å². The zero-order chi connectivity index (χ0) is 43.5. The Morgan fingerprint density at radius 3 is 0.917 bits per heavy atom. The Labute approximate surface area is 375 Å². The predicted octanol–water partition coefficient (Wildman–Crippen LogP) is 6.77. The van der Waals surface area contributed by atoms with Crippen LogP contribution in [0.15, 0.2) is 23.2 Å². The molecule has 4 rings (SSSR count). The van der Waals surface area contributed by atoms with Gasteiger partial charge in [-0.05, 0) is 38.5 Å². The third kappa shape index (κ3) is 32.0. The fraction of sp³-hybridized carbons (Fsp3) is 0.812. The summed E-state index contributed by atoms with van der Waals surface area (Å²) in [5, 5.41) is 30.3. The van der Waals surface area contributed by atoms with E-state index in [-0.39, 0.29) is 48.2 Å². The summed E-state index contributed by atoms with van der Waals surface area (Å²) in [5.41, 5.74) is 1.89. The number of hydrogen-bond acceptors (Lipinski definition) is 11. The van der Waals surface area contributed by atoms with E-state index in [4.69, 9.17) is 0 Å². The second-order valence-electron chi connectivity index (χ2n) is 16.7. The van der Waals surface area contributed by atoms with Crippen LogP contribution in [0.1, 0.15) is 213 Å². The zero-order valence-corrected chi connectivity index (χ0v) is 39.4. The molecule has 0 radical (unpaired) electrons. The summed E-state index contributed by atoms with van der Waals surface area (Å²) in [6.07, 6.45) is 35.0. The Balaban J connectivity index is 0.000000775. The average molecular weight is 856 g/mol. The van der Waals surface area contributed by atoms with Crippen LogP contribution in [0.3, 0.4) is 0 Å². The molecule has 340 valence electrons. The number of carboxylic acids is 3. The van der Waals surface area contributed by atoms with Crippen molar-refractivity contribution in [1.82, 2.24) is 14.7 Å². The van der Waals surface area contributed by atoms with Crippen molar-refractivity contribution in [2.45, 2.75) is 213 Å². The summed E-state index contributed by atoms with van der Waals surface area (Å²) in [7, 11) is 0. The molecule has 0 aromatic carbocycles. The molecule has 0 bridgehead atoms. The van der Waals surface area contributed by atoms with Crippen LogP contribution in [-0.2, 0) is 24.0 Å². The van der Waals surface area contributed by atoms with Crippen LogP contribution in [0, 0.1) is 0 Å². The Bertz CT molecular complexity index is 1170. The van der Waals surface area contributed by atoms with Crippen molar-refractivity contribution in [3.05, 3.63) is 23.2 Å². The first-order valence-corrected chi connectivity index (χ1v) is 24.0. The van der Waals surface area contributed by atoms with Gasteiger partial charge in [-0.25, -0.2) is 0 Å². The van der Waals surface area contributed by atoms with Gasteiger partial charge in [0.2, 0.25) is 11.6 Å². The van der Waals surface area contributed by atoms with Crippen molar-refractivity contribution in [2.75, 3.05) is 39.3 Å². The number of Topliss-reactive ketones (excluding diaryl/α,β-unsaturated/α-hetero) is 1. The standard InChI is InChI=1S/C12H13N3O2.3C12H24O2.Al/c16-9-7-8(13-1-2-13)12(17)11(15-5-6-15)10(9)14-3-4-14;3*1-2-3-4-5-6-7-8-9-10-11-12(13)14;/h7H,1-6H2;3*2-11H2,1H3,(H,13,14);/q;;;;+3/p-3. The minimum Gasteiger partial charge on any atom is -0.550 e. The van der Waals surface area contributed by atoms with E-state index in [2.05, 4.69) is 20.8 Å². The van der Waals surface area contributed by atoms with Crippen molar-refractivity contribution in [3.8, 4) is 0 Å². The number of aliphatic carboxylic acids is 3. The van der Waals surface area contributed by atoms with Crippen LogP contribution in [0.4, 0.5) is 0 Å². The van der Waals surface area contributed by atoms with E-state index >= 15 is 0 Å². The molecule has 4 aliphatic rings. The van der Waals surface area contributed by atoms with Gasteiger partial charge in [0.05, 0.1) is 5.70 Å². The van der Waals surface area contributed by atoms with Crippen LogP contribution < -0.4 is 15.3 Å². The molecule has 1 aliphatic carbocycles. The SMILES string of the molecule is CCCCCCCCCCCC(=O)[O-].CCCCCCCCCCCC(=O)[O-].CCCCCCCCCCCC(=O)[O-].O=C1C=C(N2CC2)C(=O)C(N2CC2)=C1N1CC1.[Al+3]. The number of nitrogens with zero attached hydrogens (tertiary/aromatic N) is 3. The average Bonchev–Trinajstić information content (AvgIpc) is 4.04. The summed E-state index contributed by atoms with van der Waals surface area (Å²) in [4.78, 5) is 60.8. The number of carboxylic acid groups (broad SMARTS) is 3. The molecule has 0 spiro atoms. The van der Waals surface area contributed by atoms with Crippen LogP contribution in [0.2, 0.25) is 0 Å². The molecule has 12 heteroatoms. The normalized spacial score (nSPS) is 14.8. The van der Waals surface area contributed by atoms with Crippen LogP contribution in [0.25, 0.3) is 0 Å². The van der Waals surface area contributed by atoms with Gasteiger partial charge in [0.1, 0.15) is 11.4 Å². The summed E-state index contributed by atoms with van der Waals surface area (Å²) in [6, 6.07) is 0. The van der Waals surface area contributed by atoms with Crippen molar-refractivity contribution in [1.29, 1.82) is 0 Å². The van der Waals surface area contributed by atoms with E-state index < -0.39 is 17.9 Å². The number of carbonyl (C=O) groups is 5. The number of unbranched alkanes of at least 4 members (excludes halogenated alkanes) is 24. The molecule has 3 fully saturated rings. The molecule has 0 atom stereocenters. The molecule has 0 saturated carbocycles. The molecule has 0 amide bonds. The largest absolute Gasteiger partial charge is 3.00 e. The van der Waals surface area contributed by atoms with Crippen LogP contribution >= 0.6 is 0 Å². The van der Waals surface area contributed by atoms with Crippen LogP contribution in [0.5, 0.6) is 0 Å². The maximum Gasteiger partial charge on any atom is 3.00 e. The molecule has 0 unspecified atom stereocenters. The molecule has 11 nitrogen and oxygen atoms in total. The van der Waals surface area contributed by atoms with Gasteiger partial charge in [0.25, 0.3) is 0 Å². The Morgan fingerprint density at radius 1 is 0.417 bits per heavy atom. The quantitative estimate of drug-likeness (QED) is 0.0296. The molecular weight excluding hydrogens is 774 g/mol. The maximum absolute atomic E-state index is 12.4. The first-order chi connectivity index (χ1) is 28.6. The second kappa shape index (κ2) is 37.9. The van der Waals surface area contributed by atoms with Crippen molar-refractivity contribution in [3.63, 3.8) is 0 Å². The molecule has 0 N–H and O–H groups in total. The summed E-state index contributed by atoms with van der Waals surface area (Å²) in [5.74, 6) is -2.68. The molecule has 60 heavy (non-hydrogen) atoms. The number of rotatable bonds is 33. The third-order valence-electron chi connectivity index (χ3n) is 10.9. The summed E-state index contributed by atoms with van der Waals surface area (Å²) in [6.45, 7) is 12.1. The number of allylic oxidation sites excluding steroid dienone is 1. The van der Waals surface area contributed by atoms with Gasteiger partial charge in [-0.2, -0.15) is 0 Å². The fourth-order valence-electron chi connectivity index (χ4n) is 7.02. The Morgan fingerprint density at radius 2 is 0.667 bits per heavy atom. The third-order valence-corrected chi connectivity index (χ3v) is 10.9. The van der Waals surface area contributed by atoms with E-state index in [1.165, 1.54) is 141 Å². The number of hydrogen-bond donors (Lipinski definition) is 0. The number of ketones is 2. The van der Waals surface area contributed by atoms with Gasteiger partial charge in [-0.1, -0.05) is 175 Å². The van der Waals surface area contributed by atoms with Gasteiger partial charge < -0.3 is 44.4 Å². The van der Waals surface area contributed by atoms with Gasteiger partial charge in [0, 0.05) is 63.3 Å². The molecule has 3 heterocycles. The maximum atomic E-state index is 12.4. The molecule has 0 aromatic rings. The van der Waals surface area contributed by atoms with E-state index in [0.29, 0.717) is 17.1 Å². The topological polar surface area (TPSA) is 164 Å². The first kappa shape index (κ1) is 57.2. The van der Waals surface area contributed by atoms with Gasteiger partial charge in [-0.15, -0.1) is 0 Å². The van der Waals surface area contributed by atoms with Gasteiger partial charge in [0.15, 0.2) is 0 Å². The molecule has 3 saturated heterocycles. The molecule has 3 aliphatic heterocycles. The van der Waals surface area contributed by atoms with Crippen molar-refractivity contribution < 1.29 is 39.3 Å². The van der Waals surface area contributed by atoms with Gasteiger partial charge in [-0.3, -0.25) is 9.59 Å². The monoisotopic (exact) mass is 856 g/mol. The van der Waals surface area contributed by atoms with E-state index in [9.17, 15) is 39.3 Å².